The number of aliphatic imine (C=N–C) groups is 1. The van der Waals surface area contributed by atoms with Gasteiger partial charge in [0.1, 0.15) is 11.5 Å². The first-order chi connectivity index (χ1) is 13.2. The van der Waals surface area contributed by atoms with E-state index >= 15 is 0 Å². The Morgan fingerprint density at radius 3 is 2.59 bits per heavy atom. The highest BCUT2D eigenvalue weighted by atomic mass is 32.1. The Labute approximate surface area is 163 Å². The zero-order chi connectivity index (χ0) is 19.2. The van der Waals surface area contributed by atoms with E-state index in [0.717, 1.165) is 45.0 Å². The molecule has 3 aromatic rings. The van der Waals surface area contributed by atoms with Crippen LogP contribution in [0.3, 0.4) is 0 Å². The Kier molecular flexibility index (Phi) is 6.13. The first kappa shape index (κ1) is 19.0. The minimum Gasteiger partial charge on any atom is -0.497 e. The second-order valence-corrected chi connectivity index (χ2v) is 6.74. The molecule has 0 amide bonds. The van der Waals surface area contributed by atoms with Gasteiger partial charge in [0.2, 0.25) is 5.96 Å². The summed E-state index contributed by atoms with van der Waals surface area (Å²) in [6, 6.07) is 13.7. The van der Waals surface area contributed by atoms with Crippen molar-refractivity contribution in [2.45, 2.75) is 13.8 Å². The topological polar surface area (TPSA) is 59.0 Å². The van der Waals surface area contributed by atoms with Crippen LogP contribution in [0, 0.1) is 0 Å². The molecule has 0 aliphatic rings. The molecule has 2 aromatic carbocycles. The average Bonchev–Trinajstić information content (AvgIpc) is 3.11. The molecule has 0 aliphatic carbocycles. The molecule has 3 rings (SSSR count). The van der Waals surface area contributed by atoms with Crippen LogP contribution in [-0.4, -0.2) is 38.3 Å². The van der Waals surface area contributed by atoms with Gasteiger partial charge in [0.05, 0.1) is 24.4 Å². The number of anilines is 2. The first-order valence-electron chi connectivity index (χ1n) is 8.86. The standard InChI is InChI=1S/C20H24N4O2S/c1-5-21-19(22-14-8-7-9-15(12-14)25-3)24(6-2)20-23-17-13-16(26-4)10-11-18(17)27-20/h7-13H,5-6H2,1-4H3,(H,21,22). The Bertz CT molecular complexity index is 939. The third kappa shape index (κ3) is 4.31. The SMILES string of the molecule is CCN=C(Nc1cccc(OC)c1)N(CC)c1nc2cc(OC)ccc2s1. The minimum atomic E-state index is 0.668. The maximum atomic E-state index is 5.31. The van der Waals surface area contributed by atoms with Crippen molar-refractivity contribution in [2.75, 3.05) is 37.5 Å². The largest absolute Gasteiger partial charge is 0.497 e. The van der Waals surface area contributed by atoms with E-state index in [-0.39, 0.29) is 0 Å². The predicted octanol–water partition coefficient (Wildman–Crippen LogP) is 4.63. The van der Waals surface area contributed by atoms with Crippen LogP contribution in [-0.2, 0) is 0 Å². The number of hydrogen-bond donors (Lipinski definition) is 1. The average molecular weight is 385 g/mol. The van der Waals surface area contributed by atoms with Crippen LogP contribution in [0.2, 0.25) is 0 Å². The monoisotopic (exact) mass is 384 g/mol. The van der Waals surface area contributed by atoms with Gasteiger partial charge in [-0.15, -0.1) is 0 Å². The minimum absolute atomic E-state index is 0.668. The van der Waals surface area contributed by atoms with Crippen LogP contribution in [0.1, 0.15) is 13.8 Å². The van der Waals surface area contributed by atoms with E-state index in [1.54, 1.807) is 25.6 Å². The van der Waals surface area contributed by atoms with Crippen molar-refractivity contribution in [2.24, 2.45) is 4.99 Å². The summed E-state index contributed by atoms with van der Waals surface area (Å²) in [5.41, 5.74) is 1.84. The normalized spacial score (nSPS) is 11.5. The second kappa shape index (κ2) is 8.73. The summed E-state index contributed by atoms with van der Waals surface area (Å²) < 4.78 is 11.7. The van der Waals surface area contributed by atoms with Gasteiger partial charge in [-0.3, -0.25) is 9.89 Å². The number of aromatic nitrogens is 1. The van der Waals surface area contributed by atoms with Crippen LogP contribution in [0.25, 0.3) is 10.2 Å². The third-order valence-corrected chi connectivity index (χ3v) is 5.08. The summed E-state index contributed by atoms with van der Waals surface area (Å²) >= 11 is 1.64. The summed E-state index contributed by atoms with van der Waals surface area (Å²) in [5.74, 6) is 2.37. The van der Waals surface area contributed by atoms with Crippen molar-refractivity contribution < 1.29 is 9.47 Å². The summed E-state index contributed by atoms with van der Waals surface area (Å²) in [7, 11) is 3.32. The van der Waals surface area contributed by atoms with Gasteiger partial charge >= 0.3 is 0 Å². The van der Waals surface area contributed by atoms with Crippen molar-refractivity contribution in [1.29, 1.82) is 0 Å². The van der Waals surface area contributed by atoms with Crippen LogP contribution in [0.5, 0.6) is 11.5 Å². The third-order valence-electron chi connectivity index (χ3n) is 4.02. The quantitative estimate of drug-likeness (QED) is 0.496. The Morgan fingerprint density at radius 1 is 1.11 bits per heavy atom. The highest BCUT2D eigenvalue weighted by Crippen LogP contribution is 2.31. The molecule has 7 heteroatoms. The maximum Gasteiger partial charge on any atom is 0.204 e. The zero-order valence-corrected chi connectivity index (χ0v) is 16.8. The molecule has 0 atom stereocenters. The molecule has 6 nitrogen and oxygen atoms in total. The number of thiazole rings is 1. The van der Waals surface area contributed by atoms with E-state index in [1.807, 2.05) is 49.4 Å². The molecule has 0 saturated carbocycles. The molecule has 0 aliphatic heterocycles. The molecular formula is C20H24N4O2S. The van der Waals surface area contributed by atoms with Crippen molar-refractivity contribution in [3.8, 4) is 11.5 Å². The lowest BCUT2D eigenvalue weighted by atomic mass is 10.3. The molecule has 27 heavy (non-hydrogen) atoms. The number of nitrogens with one attached hydrogen (secondary N) is 1. The number of nitrogens with zero attached hydrogens (tertiary/aromatic N) is 3. The molecule has 0 saturated heterocycles. The maximum absolute atomic E-state index is 5.31. The van der Waals surface area contributed by atoms with Crippen molar-refractivity contribution >= 4 is 38.3 Å². The van der Waals surface area contributed by atoms with E-state index in [9.17, 15) is 0 Å². The molecule has 0 spiro atoms. The fourth-order valence-electron chi connectivity index (χ4n) is 2.69. The highest BCUT2D eigenvalue weighted by molar-refractivity contribution is 7.22. The van der Waals surface area contributed by atoms with Crippen LogP contribution in [0.4, 0.5) is 10.8 Å². The summed E-state index contributed by atoms with van der Waals surface area (Å²) in [6.07, 6.45) is 0. The lowest BCUT2D eigenvalue weighted by Gasteiger charge is -2.23. The lowest BCUT2D eigenvalue weighted by molar-refractivity contribution is 0.415. The van der Waals surface area contributed by atoms with Gasteiger partial charge in [-0.05, 0) is 38.1 Å². The molecule has 1 aromatic heterocycles. The number of ether oxygens (including phenoxy) is 2. The van der Waals surface area contributed by atoms with Crippen molar-refractivity contribution in [3.05, 3.63) is 42.5 Å². The molecular weight excluding hydrogens is 360 g/mol. The zero-order valence-electron chi connectivity index (χ0n) is 16.0. The predicted molar refractivity (Wildman–Crippen MR) is 114 cm³/mol. The van der Waals surface area contributed by atoms with Crippen molar-refractivity contribution in [1.82, 2.24) is 4.98 Å². The Hall–Kier alpha value is -2.80. The van der Waals surface area contributed by atoms with E-state index in [2.05, 4.69) is 22.1 Å². The fraction of sp³-hybridized carbons (Fsp3) is 0.300. The number of hydrogen-bond acceptors (Lipinski definition) is 5. The number of fused-ring (bicyclic) bond motifs is 1. The van der Waals surface area contributed by atoms with Gasteiger partial charge < -0.3 is 14.8 Å². The summed E-state index contributed by atoms with van der Waals surface area (Å²) in [6.45, 7) is 5.52. The molecule has 0 unspecified atom stereocenters. The van der Waals surface area contributed by atoms with E-state index < -0.39 is 0 Å². The van der Waals surface area contributed by atoms with E-state index in [4.69, 9.17) is 14.5 Å². The van der Waals surface area contributed by atoms with Gasteiger partial charge in [-0.25, -0.2) is 4.98 Å². The van der Waals surface area contributed by atoms with Crippen LogP contribution in [0.15, 0.2) is 47.5 Å². The molecule has 0 radical (unpaired) electrons. The van der Waals surface area contributed by atoms with E-state index in [0.29, 0.717) is 6.54 Å². The summed E-state index contributed by atoms with van der Waals surface area (Å²) in [5, 5.41) is 4.30. The van der Waals surface area contributed by atoms with Gasteiger partial charge in [-0.2, -0.15) is 0 Å². The Morgan fingerprint density at radius 2 is 1.89 bits per heavy atom. The van der Waals surface area contributed by atoms with E-state index in [1.165, 1.54) is 0 Å². The fourth-order valence-corrected chi connectivity index (χ4v) is 3.70. The summed E-state index contributed by atoms with van der Waals surface area (Å²) in [4.78, 5) is 11.5. The van der Waals surface area contributed by atoms with Gasteiger partial charge in [0.25, 0.3) is 0 Å². The second-order valence-electron chi connectivity index (χ2n) is 5.73. The number of rotatable bonds is 6. The van der Waals surface area contributed by atoms with Crippen LogP contribution < -0.4 is 19.7 Å². The number of benzene rings is 2. The molecule has 1 N–H and O–H groups in total. The van der Waals surface area contributed by atoms with Gasteiger partial charge in [-0.1, -0.05) is 17.4 Å². The van der Waals surface area contributed by atoms with Gasteiger partial charge in [0, 0.05) is 30.9 Å². The molecule has 0 fully saturated rings. The number of methoxy groups -OCH3 is 2. The molecule has 142 valence electrons. The van der Waals surface area contributed by atoms with Gasteiger partial charge in [0.15, 0.2) is 5.13 Å². The molecule has 1 heterocycles. The smallest absolute Gasteiger partial charge is 0.204 e. The first-order valence-corrected chi connectivity index (χ1v) is 9.67. The highest BCUT2D eigenvalue weighted by Gasteiger charge is 2.17. The lowest BCUT2D eigenvalue weighted by Crippen LogP contribution is -2.36. The molecule has 0 bridgehead atoms. The van der Waals surface area contributed by atoms with Crippen LogP contribution >= 0.6 is 11.3 Å². The van der Waals surface area contributed by atoms with Crippen molar-refractivity contribution in [3.63, 3.8) is 0 Å². The number of guanidine groups is 1. The Balaban J connectivity index is 1.93.